The van der Waals surface area contributed by atoms with Gasteiger partial charge in [-0.1, -0.05) is 121 Å². The number of anilines is 7. The maximum absolute atomic E-state index is 12.6. The van der Waals surface area contributed by atoms with Crippen molar-refractivity contribution in [3.8, 4) is 45.8 Å². The molecule has 0 fully saturated rings. The number of methoxy groups -OCH3 is 2. The van der Waals surface area contributed by atoms with Gasteiger partial charge in [0, 0.05) is 73.7 Å². The third-order valence-electron chi connectivity index (χ3n) is 20.0. The third kappa shape index (κ3) is 16.2. The number of aromatic nitrogens is 8. The summed E-state index contributed by atoms with van der Waals surface area (Å²) in [6.45, 7) is 3.57. The van der Waals surface area contributed by atoms with E-state index in [9.17, 15) is 29.4 Å². The first-order valence-electron chi connectivity index (χ1n) is 37.4. The van der Waals surface area contributed by atoms with Crippen LogP contribution in [0.2, 0.25) is 0 Å². The molecule has 3 N–H and O–H groups in total. The summed E-state index contributed by atoms with van der Waals surface area (Å²) in [5, 5.41) is 23.0. The molecule has 0 radical (unpaired) electrons. The molecular weight excluding hydrogens is 1520 g/mol. The largest absolute Gasteiger partial charge is 0.478 e. The summed E-state index contributed by atoms with van der Waals surface area (Å²) in [6.07, 6.45) is 14.9. The molecule has 0 unspecified atom stereocenters. The van der Waals surface area contributed by atoms with Gasteiger partial charge in [0.2, 0.25) is 23.6 Å². The first kappa shape index (κ1) is 74.9. The van der Waals surface area contributed by atoms with Gasteiger partial charge >= 0.3 is 23.9 Å². The fourth-order valence-electron chi connectivity index (χ4n) is 14.5. The summed E-state index contributed by atoms with van der Waals surface area (Å²) in [4.78, 5) is 90.2. The molecule has 0 bridgehead atoms. The van der Waals surface area contributed by atoms with Gasteiger partial charge in [-0.3, -0.25) is 0 Å². The number of carbonyl (C=O) groups excluding carboxylic acids is 2. The van der Waals surface area contributed by atoms with Crippen molar-refractivity contribution < 1.29 is 56.5 Å². The van der Waals surface area contributed by atoms with Gasteiger partial charge in [-0.15, -0.1) is 0 Å². The average molecular weight is 1590 g/mol. The van der Waals surface area contributed by atoms with Crippen molar-refractivity contribution in [3.05, 3.63) is 292 Å². The number of esters is 2. The molecule has 12 heterocycles. The van der Waals surface area contributed by atoms with Crippen LogP contribution >= 0.6 is 15.9 Å². The van der Waals surface area contributed by atoms with Crippen LogP contribution in [-0.4, -0.2) is 114 Å². The van der Waals surface area contributed by atoms with E-state index in [0.717, 1.165) is 92.8 Å². The summed E-state index contributed by atoms with van der Waals surface area (Å²) < 4.78 is 33.4. The number of fused-ring (bicyclic) bond motifs is 8. The van der Waals surface area contributed by atoms with Gasteiger partial charge in [-0.25, -0.2) is 59.0 Å². The molecule has 25 heteroatoms. The van der Waals surface area contributed by atoms with Gasteiger partial charge in [-0.05, 0) is 187 Å². The molecule has 115 heavy (non-hydrogen) atoms. The first-order chi connectivity index (χ1) is 56.3. The van der Waals surface area contributed by atoms with E-state index in [1.807, 2.05) is 133 Å². The third-order valence-corrected chi connectivity index (χ3v) is 20.5. The van der Waals surface area contributed by atoms with E-state index in [1.165, 1.54) is 61.2 Å². The number of halogens is 1. The van der Waals surface area contributed by atoms with Gasteiger partial charge in [0.1, 0.15) is 44.1 Å². The number of carboxylic acid groups (broad SMARTS) is 2. The Labute approximate surface area is 666 Å². The minimum Gasteiger partial charge on any atom is -0.478 e. The summed E-state index contributed by atoms with van der Waals surface area (Å²) >= 11 is 3.23. The van der Waals surface area contributed by atoms with Crippen molar-refractivity contribution in [2.45, 2.75) is 51.4 Å². The van der Waals surface area contributed by atoms with Crippen LogP contribution in [0.3, 0.4) is 0 Å². The molecule has 8 aromatic carbocycles. The number of pyridine rings is 4. The average Bonchev–Trinajstić information content (AvgIpc) is 1.79. The lowest BCUT2D eigenvalue weighted by Gasteiger charge is -2.30. The predicted octanol–water partition coefficient (Wildman–Crippen LogP) is 19.6. The number of ether oxygens (including phenoxy) is 2. The maximum Gasteiger partial charge on any atom is 0.338 e. The van der Waals surface area contributed by atoms with E-state index in [2.05, 4.69) is 124 Å². The van der Waals surface area contributed by atoms with E-state index in [1.54, 1.807) is 55.0 Å². The Morgan fingerprint density at radius 2 is 0.678 bits per heavy atom. The molecule has 4 aliphatic heterocycles. The highest BCUT2D eigenvalue weighted by Gasteiger charge is 2.29. The monoisotopic (exact) mass is 1590 g/mol. The van der Waals surface area contributed by atoms with Crippen molar-refractivity contribution >= 4 is 124 Å². The van der Waals surface area contributed by atoms with E-state index in [0.29, 0.717) is 101 Å². The highest BCUT2D eigenvalue weighted by atomic mass is 79.9. The van der Waals surface area contributed by atoms with E-state index in [-0.39, 0.29) is 22.9 Å². The number of oxazole rings is 4. The summed E-state index contributed by atoms with van der Waals surface area (Å²) in [7, 11) is 2.70. The van der Waals surface area contributed by atoms with Crippen LogP contribution in [0.1, 0.15) is 89.4 Å². The lowest BCUT2D eigenvalue weighted by Crippen LogP contribution is -2.25. The van der Waals surface area contributed by atoms with E-state index in [4.69, 9.17) is 27.1 Å². The molecule has 572 valence electrons. The van der Waals surface area contributed by atoms with Crippen LogP contribution in [0.4, 0.5) is 40.2 Å². The van der Waals surface area contributed by atoms with E-state index < -0.39 is 23.9 Å². The zero-order valence-electron chi connectivity index (χ0n) is 62.4. The number of aromatic carboxylic acids is 2. The minimum absolute atomic E-state index is 0.125. The van der Waals surface area contributed by atoms with Crippen molar-refractivity contribution in [1.29, 1.82) is 0 Å². The van der Waals surface area contributed by atoms with Gasteiger partial charge in [-0.2, -0.15) is 0 Å². The first-order valence-corrected chi connectivity index (χ1v) is 38.2. The molecule has 0 saturated carbocycles. The number of benzene rings is 8. The Morgan fingerprint density at radius 1 is 0.374 bits per heavy atom. The van der Waals surface area contributed by atoms with Crippen LogP contribution in [0.5, 0.6) is 0 Å². The van der Waals surface area contributed by atoms with Crippen molar-refractivity contribution in [2.75, 3.05) is 60.4 Å². The van der Waals surface area contributed by atoms with Crippen LogP contribution in [-0.2, 0) is 35.2 Å². The number of hydrogen-bond donors (Lipinski definition) is 3. The fourth-order valence-corrected chi connectivity index (χ4v) is 14.8. The second kappa shape index (κ2) is 33.8. The topological polar surface area (TPSA) is 305 Å². The molecule has 24 nitrogen and oxygen atoms in total. The Bertz CT molecular complexity index is 5970. The summed E-state index contributed by atoms with van der Waals surface area (Å²) in [5.74, 6) is 0.162. The standard InChI is InChI=1S/C23H19N3O3.2C22H17N3O3.C14H9BrN2O3.C9H11N/c1-28-23(27)16-13-21(26-12-6-8-15-7-2-4-10-19(15)26)24-14-17(16)22-25-18-9-3-5-11-20(18)29-22;2*26-22(27)15-12-20(25-11-5-7-14-6-1-3-9-18(14)25)23-13-16(15)21-24-17-8-2-4-10-19(17)28-21;1-19-14(18)8-6-12(15)16-7-9(8)13-17-10-4-2-3-5-11(10)20-13;1-2-6-9-8(4-1)5-3-7-10-9/h2-5,7,9-11,13-14H,6,8,12H2,1H3;2*1-4,6,8-10,12-13H,5,7,11H2,(H,26,27);2-7H,1H3;1-2,4,6,10H,3,5,7H2. The number of nitrogens with one attached hydrogen (secondary N) is 1. The second-order valence-electron chi connectivity index (χ2n) is 27.2. The van der Waals surface area contributed by atoms with Crippen LogP contribution in [0, 0.1) is 0 Å². The van der Waals surface area contributed by atoms with E-state index >= 15 is 0 Å². The number of rotatable bonds is 11. The maximum atomic E-state index is 12.6. The summed E-state index contributed by atoms with van der Waals surface area (Å²) in [5.41, 5.74) is 17.9. The minimum atomic E-state index is -1.04. The molecule has 0 atom stereocenters. The SMILES string of the molecule is COC(=O)c1cc(Br)ncc1-c1nc2ccccc2o1.COC(=O)c1cc(N2CCCc3ccccc32)ncc1-c1nc2ccccc2o1.O=C(O)c1cc(N2CCCc3ccccc32)ncc1-c1nc2ccccc2o1.O=C(O)c1cc(N2CCCc3ccccc32)ncc1-c1nc2ccccc2o1.c1ccc2c(c1)CCCN2. The predicted molar refractivity (Wildman–Crippen MR) is 442 cm³/mol. The lowest BCUT2D eigenvalue weighted by molar-refractivity contribution is 0.0592. The zero-order valence-corrected chi connectivity index (χ0v) is 63.9. The van der Waals surface area contributed by atoms with Gasteiger partial charge in [0.15, 0.2) is 22.3 Å². The van der Waals surface area contributed by atoms with Gasteiger partial charge < -0.3 is 57.4 Å². The number of carbonyl (C=O) groups is 4. The Hall–Kier alpha value is -14.2. The Kier molecular flexibility index (Phi) is 22.0. The molecule has 8 aromatic heterocycles. The smallest absolute Gasteiger partial charge is 0.338 e. The number of para-hydroxylation sites is 12. The molecule has 20 rings (SSSR count). The molecule has 0 saturated heterocycles. The van der Waals surface area contributed by atoms with Crippen LogP contribution in [0.25, 0.3) is 90.2 Å². The molecule has 4 aliphatic rings. The van der Waals surface area contributed by atoms with Crippen LogP contribution in [0.15, 0.2) is 265 Å². The number of nitrogens with zero attached hydrogens (tertiary/aromatic N) is 11. The molecule has 0 aliphatic carbocycles. The number of carboxylic acids is 2. The quantitative estimate of drug-likeness (QED) is 0.0800. The lowest BCUT2D eigenvalue weighted by atomic mass is 10.0. The second-order valence-corrected chi connectivity index (χ2v) is 28.0. The number of aryl methyl sites for hydroxylation is 4. The van der Waals surface area contributed by atoms with Crippen molar-refractivity contribution in [3.63, 3.8) is 0 Å². The Morgan fingerprint density at radius 3 is 1.03 bits per heavy atom. The molecule has 16 aromatic rings. The Balaban J connectivity index is 0.000000111. The molecule has 0 spiro atoms. The highest BCUT2D eigenvalue weighted by molar-refractivity contribution is 9.10. The van der Waals surface area contributed by atoms with Crippen molar-refractivity contribution in [2.24, 2.45) is 0 Å². The molecule has 0 amide bonds. The molecular formula is C90H73BrN12O12. The fraction of sp³-hybridized carbons (Fsp3) is 0.156. The summed E-state index contributed by atoms with van der Waals surface area (Å²) in [6, 6.07) is 69.3. The van der Waals surface area contributed by atoms with Crippen molar-refractivity contribution in [1.82, 2.24) is 39.9 Å². The highest BCUT2D eigenvalue weighted by Crippen LogP contribution is 2.40. The normalized spacial score (nSPS) is 13.2. The van der Waals surface area contributed by atoms with Crippen LogP contribution < -0.4 is 20.0 Å². The zero-order chi connectivity index (χ0) is 78.9. The van der Waals surface area contributed by atoms with Gasteiger partial charge in [0.25, 0.3) is 0 Å². The number of hydrogen-bond acceptors (Lipinski definition) is 22. The van der Waals surface area contributed by atoms with Gasteiger partial charge in [0.05, 0.1) is 58.7 Å².